The summed E-state index contributed by atoms with van der Waals surface area (Å²) in [6.45, 7) is 7.43. The fourth-order valence-electron chi connectivity index (χ4n) is 2.94. The van der Waals surface area contributed by atoms with Gasteiger partial charge in [0.1, 0.15) is 5.75 Å². The van der Waals surface area contributed by atoms with Crippen molar-refractivity contribution in [3.8, 4) is 28.7 Å². The van der Waals surface area contributed by atoms with Gasteiger partial charge in [0.15, 0.2) is 0 Å². The number of hydrogen-bond acceptors (Lipinski definition) is 2. The number of rotatable bonds is 6. The fraction of sp³-hybridized carbons (Fsp3) is 0.179. The first-order valence-corrected chi connectivity index (χ1v) is 10.2. The molecule has 3 rings (SSSR count). The lowest BCUT2D eigenvalue weighted by molar-refractivity contribution is -0.130. The molecular weight excluding hydrogens is 368 g/mol. The van der Waals surface area contributed by atoms with Crippen molar-refractivity contribution in [1.29, 1.82) is 0 Å². The van der Waals surface area contributed by atoms with E-state index in [0.29, 0.717) is 11.3 Å². The normalized spacial score (nSPS) is 10.1. The van der Waals surface area contributed by atoms with Crippen molar-refractivity contribution in [3.05, 3.63) is 102 Å². The van der Waals surface area contributed by atoms with Crippen LogP contribution < -0.4 is 4.74 Å². The highest BCUT2D eigenvalue weighted by Gasteiger charge is 2.05. The van der Waals surface area contributed by atoms with Gasteiger partial charge in [0.2, 0.25) is 0 Å². The first kappa shape index (κ1) is 21.1. The molecule has 0 N–H and O–H groups in total. The molecule has 2 heteroatoms. The van der Waals surface area contributed by atoms with Crippen molar-refractivity contribution in [3.63, 3.8) is 0 Å². The lowest BCUT2D eigenvalue weighted by atomic mass is 10.0. The summed E-state index contributed by atoms with van der Waals surface area (Å²) in [6, 6.07) is 24.1. The van der Waals surface area contributed by atoms with Gasteiger partial charge in [-0.25, -0.2) is 4.79 Å². The number of carbonyl (C=O) groups is 1. The van der Waals surface area contributed by atoms with E-state index < -0.39 is 5.97 Å². The van der Waals surface area contributed by atoms with Gasteiger partial charge in [0, 0.05) is 16.7 Å². The van der Waals surface area contributed by atoms with E-state index in [1.807, 2.05) is 36.4 Å². The van der Waals surface area contributed by atoms with Crippen molar-refractivity contribution < 1.29 is 9.53 Å². The van der Waals surface area contributed by atoms with Gasteiger partial charge in [-0.15, -0.1) is 0 Å². The van der Waals surface area contributed by atoms with Gasteiger partial charge in [0.05, 0.1) is 0 Å². The van der Waals surface area contributed by atoms with Crippen molar-refractivity contribution in [2.24, 2.45) is 0 Å². The van der Waals surface area contributed by atoms with E-state index in [0.717, 1.165) is 28.7 Å². The summed E-state index contributed by atoms with van der Waals surface area (Å²) >= 11 is 0. The molecule has 0 aromatic heterocycles. The van der Waals surface area contributed by atoms with Crippen LogP contribution in [0, 0.1) is 11.8 Å². The fourth-order valence-corrected chi connectivity index (χ4v) is 2.94. The third kappa shape index (κ3) is 5.96. The number of hydrogen-bond donors (Lipinski definition) is 0. The molecule has 0 spiro atoms. The van der Waals surface area contributed by atoms with E-state index in [2.05, 4.69) is 49.6 Å². The first-order chi connectivity index (χ1) is 14.5. The molecule has 30 heavy (non-hydrogen) atoms. The van der Waals surface area contributed by atoms with Crippen molar-refractivity contribution >= 4 is 5.97 Å². The number of benzene rings is 3. The summed E-state index contributed by atoms with van der Waals surface area (Å²) in [7, 11) is 0. The maximum atomic E-state index is 11.6. The highest BCUT2D eigenvalue weighted by molar-refractivity contribution is 5.88. The van der Waals surface area contributed by atoms with E-state index >= 15 is 0 Å². The Morgan fingerprint density at radius 2 is 1.33 bits per heavy atom. The van der Waals surface area contributed by atoms with Crippen LogP contribution in [0.2, 0.25) is 0 Å². The molecule has 0 aliphatic heterocycles. The van der Waals surface area contributed by atoms with E-state index in [1.54, 1.807) is 19.1 Å². The van der Waals surface area contributed by atoms with E-state index in [-0.39, 0.29) is 0 Å². The minimum absolute atomic E-state index is 0.378. The topological polar surface area (TPSA) is 26.3 Å². The van der Waals surface area contributed by atoms with Crippen LogP contribution in [0.5, 0.6) is 5.75 Å². The van der Waals surface area contributed by atoms with Gasteiger partial charge in [-0.05, 0) is 72.9 Å². The van der Waals surface area contributed by atoms with Crippen LogP contribution >= 0.6 is 0 Å². The van der Waals surface area contributed by atoms with Crippen molar-refractivity contribution in [2.45, 2.75) is 33.1 Å². The summed E-state index contributed by atoms with van der Waals surface area (Å²) < 4.78 is 5.23. The van der Waals surface area contributed by atoms with Gasteiger partial charge >= 0.3 is 5.97 Å². The molecule has 0 atom stereocenters. The van der Waals surface area contributed by atoms with Crippen molar-refractivity contribution in [2.75, 3.05) is 0 Å². The standard InChI is InChI=1S/C28H26O2/c1-4-5-6-22-7-9-23(10-8-22)11-12-24-13-15-25(16-14-24)26-17-19-27(20-18-26)30-28(29)21(2)3/h7-10,13-20H,2,4-6H2,1,3H3. The van der Waals surface area contributed by atoms with Gasteiger partial charge in [-0.1, -0.05) is 68.2 Å². The number of carbonyl (C=O) groups excluding carboxylic acids is 1. The molecule has 0 unspecified atom stereocenters. The Hall–Kier alpha value is -3.57. The summed E-state index contributed by atoms with van der Waals surface area (Å²) in [5, 5.41) is 0. The van der Waals surface area contributed by atoms with Crippen LogP contribution in [0.1, 0.15) is 43.4 Å². The van der Waals surface area contributed by atoms with Crippen LogP contribution in [0.3, 0.4) is 0 Å². The van der Waals surface area contributed by atoms with Crippen LogP contribution in [0.4, 0.5) is 0 Å². The minimum atomic E-state index is -0.415. The SMILES string of the molecule is C=C(C)C(=O)Oc1ccc(-c2ccc(C#Cc3ccc(CCCC)cc3)cc2)cc1. The Morgan fingerprint density at radius 3 is 1.83 bits per heavy atom. The molecule has 0 amide bonds. The third-order valence-corrected chi connectivity index (χ3v) is 4.76. The number of unbranched alkanes of at least 4 members (excludes halogenated alkanes) is 1. The van der Waals surface area contributed by atoms with Gasteiger partial charge < -0.3 is 4.74 Å². The molecule has 0 saturated carbocycles. The number of aryl methyl sites for hydroxylation is 1. The Bertz CT molecular complexity index is 1060. The third-order valence-electron chi connectivity index (χ3n) is 4.76. The quantitative estimate of drug-likeness (QED) is 0.204. The Labute approximate surface area is 179 Å². The largest absolute Gasteiger partial charge is 0.423 e. The molecule has 0 heterocycles. The maximum Gasteiger partial charge on any atom is 0.338 e. The Morgan fingerprint density at radius 1 is 0.833 bits per heavy atom. The predicted octanol–water partition coefficient (Wildman–Crippen LogP) is 6.58. The van der Waals surface area contributed by atoms with E-state index in [1.165, 1.54) is 18.4 Å². The van der Waals surface area contributed by atoms with Gasteiger partial charge in [0.25, 0.3) is 0 Å². The summed E-state index contributed by atoms with van der Waals surface area (Å²) in [5.74, 6) is 6.55. The van der Waals surface area contributed by atoms with Crippen LogP contribution in [0.15, 0.2) is 84.9 Å². The molecule has 0 aliphatic carbocycles. The van der Waals surface area contributed by atoms with Crippen molar-refractivity contribution in [1.82, 2.24) is 0 Å². The second kappa shape index (κ2) is 10.3. The molecular formula is C28H26O2. The highest BCUT2D eigenvalue weighted by Crippen LogP contribution is 2.23. The van der Waals surface area contributed by atoms with Crippen LogP contribution in [0.25, 0.3) is 11.1 Å². The zero-order valence-corrected chi connectivity index (χ0v) is 17.6. The molecule has 0 radical (unpaired) electrons. The van der Waals surface area contributed by atoms with E-state index in [4.69, 9.17) is 4.74 Å². The molecule has 3 aromatic rings. The number of ether oxygens (including phenoxy) is 1. The second-order valence-corrected chi connectivity index (χ2v) is 7.32. The lowest BCUT2D eigenvalue weighted by Crippen LogP contribution is -2.07. The smallest absolute Gasteiger partial charge is 0.338 e. The van der Waals surface area contributed by atoms with Gasteiger partial charge in [-0.2, -0.15) is 0 Å². The molecule has 0 aliphatic rings. The minimum Gasteiger partial charge on any atom is -0.423 e. The predicted molar refractivity (Wildman–Crippen MR) is 123 cm³/mol. The Balaban J connectivity index is 1.65. The summed E-state index contributed by atoms with van der Waals surface area (Å²) in [5.41, 5.74) is 5.88. The average Bonchev–Trinajstić information content (AvgIpc) is 2.78. The summed E-state index contributed by atoms with van der Waals surface area (Å²) in [4.78, 5) is 11.6. The molecule has 150 valence electrons. The average molecular weight is 395 g/mol. The Kier molecular flexibility index (Phi) is 7.24. The molecule has 0 bridgehead atoms. The first-order valence-electron chi connectivity index (χ1n) is 10.2. The van der Waals surface area contributed by atoms with E-state index in [9.17, 15) is 4.79 Å². The summed E-state index contributed by atoms with van der Waals surface area (Å²) in [6.07, 6.45) is 3.56. The zero-order valence-electron chi connectivity index (χ0n) is 17.6. The lowest BCUT2D eigenvalue weighted by Gasteiger charge is -2.06. The van der Waals surface area contributed by atoms with Gasteiger partial charge in [-0.3, -0.25) is 0 Å². The zero-order chi connectivity index (χ0) is 21.3. The molecule has 0 saturated heterocycles. The monoisotopic (exact) mass is 394 g/mol. The second-order valence-electron chi connectivity index (χ2n) is 7.32. The van der Waals surface area contributed by atoms with Crippen LogP contribution in [-0.2, 0) is 11.2 Å². The molecule has 0 fully saturated rings. The molecule has 3 aromatic carbocycles. The number of esters is 1. The van der Waals surface area contributed by atoms with Crippen LogP contribution in [-0.4, -0.2) is 5.97 Å². The maximum absolute atomic E-state index is 11.6. The highest BCUT2D eigenvalue weighted by atomic mass is 16.5. The molecule has 2 nitrogen and oxygen atoms in total.